The van der Waals surface area contributed by atoms with Gasteiger partial charge in [-0.3, -0.25) is 14.4 Å². The summed E-state index contributed by atoms with van der Waals surface area (Å²) >= 11 is 0. The first-order valence-corrected chi connectivity index (χ1v) is 14.0. The lowest BCUT2D eigenvalue weighted by Crippen LogP contribution is -2.55. The molecule has 0 bridgehead atoms. The van der Waals surface area contributed by atoms with Gasteiger partial charge in [-0.1, -0.05) is 12.1 Å². The van der Waals surface area contributed by atoms with E-state index >= 15 is 0 Å². The van der Waals surface area contributed by atoms with Crippen molar-refractivity contribution in [2.45, 2.75) is 51.5 Å². The van der Waals surface area contributed by atoms with Crippen molar-refractivity contribution in [2.24, 2.45) is 0 Å². The van der Waals surface area contributed by atoms with E-state index in [4.69, 9.17) is 14.2 Å². The SMILES string of the molecule is C[C@@H](NC(=O)OC(C)(C)C)c1ccc(NC(=O)[C@H](O)[C@H]2OCCN(c3ccc(F)c(C(=O)N4CCOCC4)c3)C2=O)cc1. The van der Waals surface area contributed by atoms with Crippen LogP contribution in [0.4, 0.5) is 20.6 Å². The summed E-state index contributed by atoms with van der Waals surface area (Å²) in [7, 11) is 0. The number of alkyl carbamates (subject to hydrolysis) is 1. The molecular weight excluding hydrogens is 563 g/mol. The molecule has 0 aliphatic carbocycles. The van der Waals surface area contributed by atoms with Crippen LogP contribution in [0, 0.1) is 5.82 Å². The van der Waals surface area contributed by atoms with Crippen LogP contribution in [0.3, 0.4) is 0 Å². The minimum atomic E-state index is -1.85. The fourth-order valence-corrected chi connectivity index (χ4v) is 4.65. The highest BCUT2D eigenvalue weighted by molar-refractivity contribution is 6.04. The average molecular weight is 601 g/mol. The van der Waals surface area contributed by atoms with Crippen LogP contribution in [0.2, 0.25) is 0 Å². The number of rotatable bonds is 7. The van der Waals surface area contributed by atoms with Gasteiger partial charge in [-0.2, -0.15) is 0 Å². The summed E-state index contributed by atoms with van der Waals surface area (Å²) in [6, 6.07) is 9.95. The molecular formula is C30H37FN4O8. The van der Waals surface area contributed by atoms with Crippen LogP contribution in [0.15, 0.2) is 42.5 Å². The normalized spacial score (nSPS) is 18.9. The van der Waals surface area contributed by atoms with Gasteiger partial charge in [-0.15, -0.1) is 0 Å². The van der Waals surface area contributed by atoms with Crippen LogP contribution in [-0.4, -0.2) is 91.1 Å². The molecule has 0 spiro atoms. The quantitative estimate of drug-likeness (QED) is 0.440. The highest BCUT2D eigenvalue weighted by atomic mass is 19.1. The van der Waals surface area contributed by atoms with Crippen molar-refractivity contribution in [3.05, 3.63) is 59.4 Å². The van der Waals surface area contributed by atoms with E-state index in [2.05, 4.69) is 10.6 Å². The van der Waals surface area contributed by atoms with Gasteiger partial charge in [-0.25, -0.2) is 9.18 Å². The van der Waals surface area contributed by atoms with E-state index in [1.165, 1.54) is 21.9 Å². The zero-order valence-corrected chi connectivity index (χ0v) is 24.6. The molecule has 0 radical (unpaired) electrons. The second-order valence-corrected chi connectivity index (χ2v) is 11.3. The topological polar surface area (TPSA) is 147 Å². The number of aliphatic hydroxyl groups is 1. The predicted molar refractivity (Wildman–Crippen MR) is 154 cm³/mol. The summed E-state index contributed by atoms with van der Waals surface area (Å²) in [6.45, 7) is 8.51. The molecule has 2 fully saturated rings. The number of amides is 4. The Balaban J connectivity index is 1.39. The van der Waals surface area contributed by atoms with Gasteiger partial charge in [0.15, 0.2) is 12.2 Å². The highest BCUT2D eigenvalue weighted by Crippen LogP contribution is 2.25. The third kappa shape index (κ3) is 8.06. The van der Waals surface area contributed by atoms with Gasteiger partial charge in [0, 0.05) is 31.0 Å². The van der Waals surface area contributed by atoms with E-state index in [1.54, 1.807) is 52.0 Å². The summed E-state index contributed by atoms with van der Waals surface area (Å²) in [4.78, 5) is 53.9. The van der Waals surface area contributed by atoms with Crippen molar-refractivity contribution < 1.29 is 42.9 Å². The van der Waals surface area contributed by atoms with Gasteiger partial charge >= 0.3 is 6.09 Å². The minimum absolute atomic E-state index is 0.00208. The van der Waals surface area contributed by atoms with E-state index < -0.39 is 47.4 Å². The van der Waals surface area contributed by atoms with Crippen LogP contribution in [0.1, 0.15) is 49.7 Å². The Bertz CT molecular complexity index is 1340. The maximum Gasteiger partial charge on any atom is 0.408 e. The number of hydrogen-bond donors (Lipinski definition) is 3. The Kier molecular flexibility index (Phi) is 9.99. The maximum atomic E-state index is 14.6. The van der Waals surface area contributed by atoms with Crippen molar-refractivity contribution in [1.29, 1.82) is 0 Å². The molecule has 4 amide bonds. The molecule has 13 heteroatoms. The number of ether oxygens (including phenoxy) is 3. The second kappa shape index (κ2) is 13.5. The van der Waals surface area contributed by atoms with E-state index in [9.17, 15) is 28.7 Å². The largest absolute Gasteiger partial charge is 0.444 e. The zero-order chi connectivity index (χ0) is 31.3. The first kappa shape index (κ1) is 31.9. The fraction of sp³-hybridized carbons (Fsp3) is 0.467. The molecule has 2 aromatic rings. The van der Waals surface area contributed by atoms with Gasteiger partial charge in [0.25, 0.3) is 17.7 Å². The summed E-state index contributed by atoms with van der Waals surface area (Å²) in [5, 5.41) is 16.0. The molecule has 0 unspecified atom stereocenters. The molecule has 12 nitrogen and oxygen atoms in total. The third-order valence-electron chi connectivity index (χ3n) is 6.88. The standard InChI is InChI=1S/C30H37FN4O8/c1-18(32-29(40)43-30(2,3)4)19-5-7-20(8-6-19)33-26(37)24(36)25-28(39)35(13-16-42-25)21-9-10-23(31)22(17-21)27(38)34-11-14-41-15-12-34/h5-10,17-18,24-25,36H,11-16H2,1-4H3,(H,32,40)(H,33,37)/t18-,24-,25-/m1/s1. The fourth-order valence-electron chi connectivity index (χ4n) is 4.65. The van der Waals surface area contributed by atoms with Crippen molar-refractivity contribution in [1.82, 2.24) is 10.2 Å². The molecule has 2 saturated heterocycles. The van der Waals surface area contributed by atoms with Crippen LogP contribution >= 0.6 is 0 Å². The number of carbonyl (C=O) groups excluding carboxylic acids is 4. The van der Waals surface area contributed by atoms with Crippen LogP contribution in [-0.2, 0) is 23.8 Å². The average Bonchev–Trinajstić information content (AvgIpc) is 2.96. The van der Waals surface area contributed by atoms with E-state index in [0.717, 1.165) is 11.6 Å². The Hall–Kier alpha value is -4.07. The molecule has 43 heavy (non-hydrogen) atoms. The van der Waals surface area contributed by atoms with Gasteiger partial charge < -0.3 is 39.8 Å². The van der Waals surface area contributed by atoms with Crippen molar-refractivity contribution >= 4 is 35.2 Å². The lowest BCUT2D eigenvalue weighted by molar-refractivity contribution is -0.150. The lowest BCUT2D eigenvalue weighted by atomic mass is 10.1. The molecule has 4 rings (SSSR count). The molecule has 3 N–H and O–H groups in total. The first-order valence-electron chi connectivity index (χ1n) is 14.0. The van der Waals surface area contributed by atoms with Crippen molar-refractivity contribution in [3.63, 3.8) is 0 Å². The molecule has 2 aromatic carbocycles. The first-order chi connectivity index (χ1) is 20.3. The Morgan fingerprint density at radius 3 is 2.37 bits per heavy atom. The number of benzene rings is 2. The van der Waals surface area contributed by atoms with E-state index in [0.29, 0.717) is 32.0 Å². The molecule has 232 valence electrons. The maximum absolute atomic E-state index is 14.6. The molecule has 3 atom stereocenters. The number of halogens is 1. The van der Waals surface area contributed by atoms with Gasteiger partial charge in [0.05, 0.1) is 31.4 Å². The number of carbonyl (C=O) groups is 4. The monoisotopic (exact) mass is 600 g/mol. The highest BCUT2D eigenvalue weighted by Gasteiger charge is 2.40. The van der Waals surface area contributed by atoms with Crippen molar-refractivity contribution in [2.75, 3.05) is 49.7 Å². The number of morpholine rings is 2. The number of aliphatic hydroxyl groups excluding tert-OH is 1. The second-order valence-electron chi connectivity index (χ2n) is 11.3. The van der Waals surface area contributed by atoms with E-state index in [-0.39, 0.29) is 30.4 Å². The number of anilines is 2. The zero-order valence-electron chi connectivity index (χ0n) is 24.6. The Morgan fingerprint density at radius 1 is 1.05 bits per heavy atom. The number of nitrogens with zero attached hydrogens (tertiary/aromatic N) is 2. The summed E-state index contributed by atoms with van der Waals surface area (Å²) in [5.74, 6) is -2.81. The summed E-state index contributed by atoms with van der Waals surface area (Å²) in [5.41, 5.74) is 0.517. The van der Waals surface area contributed by atoms with E-state index in [1.807, 2.05) is 0 Å². The van der Waals surface area contributed by atoms with Crippen molar-refractivity contribution in [3.8, 4) is 0 Å². The Labute approximate surface area is 249 Å². The van der Waals surface area contributed by atoms with Crippen LogP contribution < -0.4 is 15.5 Å². The van der Waals surface area contributed by atoms with Crippen LogP contribution in [0.5, 0.6) is 0 Å². The van der Waals surface area contributed by atoms with Gasteiger partial charge in [-0.05, 0) is 63.6 Å². The molecule has 2 aliphatic rings. The van der Waals surface area contributed by atoms with Gasteiger partial charge in [0.2, 0.25) is 0 Å². The Morgan fingerprint density at radius 2 is 1.72 bits per heavy atom. The molecule has 0 saturated carbocycles. The third-order valence-corrected chi connectivity index (χ3v) is 6.88. The van der Waals surface area contributed by atoms with Crippen LogP contribution in [0.25, 0.3) is 0 Å². The number of nitrogens with one attached hydrogen (secondary N) is 2. The molecule has 2 heterocycles. The minimum Gasteiger partial charge on any atom is -0.444 e. The van der Waals surface area contributed by atoms with Gasteiger partial charge in [0.1, 0.15) is 11.4 Å². The lowest BCUT2D eigenvalue weighted by Gasteiger charge is -2.34. The molecule has 0 aromatic heterocycles. The molecule has 2 aliphatic heterocycles. The predicted octanol–water partition coefficient (Wildman–Crippen LogP) is 2.62. The smallest absolute Gasteiger partial charge is 0.408 e. The summed E-state index contributed by atoms with van der Waals surface area (Å²) < 4.78 is 30.6. The number of hydrogen-bond acceptors (Lipinski definition) is 8. The summed E-state index contributed by atoms with van der Waals surface area (Å²) in [6.07, 6.45) is -3.93.